The van der Waals surface area contributed by atoms with E-state index in [-0.39, 0.29) is 10.6 Å². The number of rotatable bonds is 8. The fourth-order valence-electron chi connectivity index (χ4n) is 1.38. The van der Waals surface area contributed by atoms with Crippen LogP contribution in [0.3, 0.4) is 0 Å². The summed E-state index contributed by atoms with van der Waals surface area (Å²) in [6, 6.07) is 5.15. The molecule has 1 atom stereocenters. The number of sulfonamides is 1. The molecule has 0 radical (unpaired) electrons. The van der Waals surface area contributed by atoms with E-state index >= 15 is 0 Å². The average molecular weight is 335 g/mol. The lowest BCUT2D eigenvalue weighted by molar-refractivity contribution is -0.138. The molecule has 20 heavy (non-hydrogen) atoms. The normalized spacial score (nSPS) is 13.1. The molecule has 1 rings (SSSR count). The third kappa shape index (κ3) is 5.35. The van der Waals surface area contributed by atoms with Crippen LogP contribution in [0.25, 0.3) is 0 Å². The zero-order valence-electron chi connectivity index (χ0n) is 11.2. The Morgan fingerprint density at radius 2 is 1.95 bits per heavy atom. The van der Waals surface area contributed by atoms with E-state index in [4.69, 9.17) is 5.11 Å². The lowest BCUT2D eigenvalue weighted by atomic mass is 10.2. The number of carboxylic acid groups (broad SMARTS) is 1. The van der Waals surface area contributed by atoms with Crippen LogP contribution in [0.2, 0.25) is 0 Å². The second kappa shape index (κ2) is 7.92. The SMILES string of the molecule is CSCSCC(NS(=O)(=O)c1ccc(C)cc1)C(=O)O. The quantitative estimate of drug-likeness (QED) is 0.556. The molecule has 0 saturated heterocycles. The minimum Gasteiger partial charge on any atom is -0.480 e. The summed E-state index contributed by atoms with van der Waals surface area (Å²) in [5.74, 6) is -0.976. The van der Waals surface area contributed by atoms with Gasteiger partial charge in [-0.25, -0.2) is 8.42 Å². The molecule has 1 aromatic rings. The lowest BCUT2D eigenvalue weighted by Gasteiger charge is -2.14. The largest absolute Gasteiger partial charge is 0.480 e. The van der Waals surface area contributed by atoms with Gasteiger partial charge in [-0.15, -0.1) is 11.8 Å². The van der Waals surface area contributed by atoms with Crippen LogP contribution in [-0.2, 0) is 14.8 Å². The van der Waals surface area contributed by atoms with Crippen LogP contribution in [0, 0.1) is 6.92 Å². The Kier molecular flexibility index (Phi) is 6.87. The maximum Gasteiger partial charge on any atom is 0.322 e. The Morgan fingerprint density at radius 1 is 1.35 bits per heavy atom. The van der Waals surface area contributed by atoms with E-state index in [9.17, 15) is 13.2 Å². The zero-order valence-corrected chi connectivity index (χ0v) is 13.6. The summed E-state index contributed by atoms with van der Waals surface area (Å²) in [7, 11) is -3.81. The van der Waals surface area contributed by atoms with Gasteiger partial charge < -0.3 is 5.11 Å². The molecule has 112 valence electrons. The van der Waals surface area contributed by atoms with E-state index in [1.165, 1.54) is 23.9 Å². The van der Waals surface area contributed by atoms with Crippen molar-refractivity contribution in [1.82, 2.24) is 4.72 Å². The highest BCUT2D eigenvalue weighted by Gasteiger charge is 2.25. The van der Waals surface area contributed by atoms with Gasteiger partial charge in [0.2, 0.25) is 10.0 Å². The zero-order chi connectivity index (χ0) is 15.2. The predicted octanol–water partition coefficient (Wildman–Crippen LogP) is 1.78. The summed E-state index contributed by atoms with van der Waals surface area (Å²) < 4.78 is 26.4. The van der Waals surface area contributed by atoms with E-state index in [0.29, 0.717) is 0 Å². The van der Waals surface area contributed by atoms with Gasteiger partial charge in [-0.3, -0.25) is 4.79 Å². The maximum atomic E-state index is 12.1. The first-order chi connectivity index (χ1) is 9.36. The molecule has 8 heteroatoms. The number of aryl methyl sites for hydroxylation is 1. The molecule has 5 nitrogen and oxygen atoms in total. The molecule has 1 unspecified atom stereocenters. The van der Waals surface area contributed by atoms with Crippen molar-refractivity contribution in [1.29, 1.82) is 0 Å². The van der Waals surface area contributed by atoms with Crippen LogP contribution in [0.5, 0.6) is 0 Å². The van der Waals surface area contributed by atoms with Gasteiger partial charge in [-0.05, 0) is 25.3 Å². The van der Waals surface area contributed by atoms with Crippen molar-refractivity contribution in [2.75, 3.05) is 17.1 Å². The molecule has 2 N–H and O–H groups in total. The standard InChI is InChI=1S/C12H17NO4S3/c1-9-3-5-10(6-4-9)20(16,17)13-11(12(14)15)7-19-8-18-2/h3-6,11,13H,7-8H2,1-2H3,(H,14,15). The van der Waals surface area contributed by atoms with E-state index in [1.54, 1.807) is 23.9 Å². The Balaban J connectivity index is 2.80. The van der Waals surface area contributed by atoms with Gasteiger partial charge in [0, 0.05) is 10.8 Å². The van der Waals surface area contributed by atoms with Crippen molar-refractivity contribution in [3.05, 3.63) is 29.8 Å². The Bertz CT molecular complexity index is 542. The minimum atomic E-state index is -3.81. The molecular weight excluding hydrogens is 318 g/mol. The molecule has 0 spiro atoms. The van der Waals surface area contributed by atoms with E-state index in [1.807, 2.05) is 13.2 Å². The van der Waals surface area contributed by atoms with Gasteiger partial charge in [0.1, 0.15) is 6.04 Å². The molecule has 0 aliphatic carbocycles. The van der Waals surface area contributed by atoms with E-state index in [2.05, 4.69) is 4.72 Å². The Labute approximate surface area is 127 Å². The number of hydrogen-bond donors (Lipinski definition) is 2. The van der Waals surface area contributed by atoms with Gasteiger partial charge in [0.05, 0.1) is 4.90 Å². The molecule has 0 fully saturated rings. The molecule has 0 aliphatic rings. The van der Waals surface area contributed by atoms with E-state index in [0.717, 1.165) is 10.6 Å². The van der Waals surface area contributed by atoms with Crippen LogP contribution in [-0.4, -0.2) is 42.6 Å². The van der Waals surface area contributed by atoms with Gasteiger partial charge in [-0.2, -0.15) is 16.5 Å². The van der Waals surface area contributed by atoms with Crippen LogP contribution >= 0.6 is 23.5 Å². The molecular formula is C12H17NO4S3. The number of aliphatic carboxylic acids is 1. The third-order valence-corrected chi connectivity index (χ3v) is 6.08. The number of carboxylic acids is 1. The Hall–Kier alpha value is -0.700. The topological polar surface area (TPSA) is 83.5 Å². The van der Waals surface area contributed by atoms with Crippen LogP contribution in [0.4, 0.5) is 0 Å². The summed E-state index contributed by atoms with van der Waals surface area (Å²) in [5.41, 5.74) is 0.939. The molecule has 1 aromatic carbocycles. The molecule has 0 heterocycles. The molecule has 0 aliphatic heterocycles. The lowest BCUT2D eigenvalue weighted by Crippen LogP contribution is -2.42. The summed E-state index contributed by atoms with van der Waals surface area (Å²) >= 11 is 2.95. The molecule has 0 aromatic heterocycles. The summed E-state index contributed by atoms with van der Waals surface area (Å²) in [6.07, 6.45) is 1.90. The first-order valence-electron chi connectivity index (χ1n) is 5.75. The fraction of sp³-hybridized carbons (Fsp3) is 0.417. The molecule has 0 bridgehead atoms. The number of benzene rings is 1. The fourth-order valence-corrected chi connectivity index (χ4v) is 4.19. The summed E-state index contributed by atoms with van der Waals surface area (Å²) in [4.78, 5) is 11.2. The first kappa shape index (κ1) is 17.4. The van der Waals surface area contributed by atoms with Gasteiger partial charge >= 0.3 is 5.97 Å². The average Bonchev–Trinajstić information content (AvgIpc) is 2.38. The highest BCUT2D eigenvalue weighted by atomic mass is 32.2. The second-order valence-electron chi connectivity index (χ2n) is 4.10. The first-order valence-corrected chi connectivity index (χ1v) is 9.78. The van der Waals surface area contributed by atoms with Crippen molar-refractivity contribution >= 4 is 39.5 Å². The Morgan fingerprint density at radius 3 is 2.45 bits per heavy atom. The predicted molar refractivity (Wildman–Crippen MR) is 83.8 cm³/mol. The smallest absolute Gasteiger partial charge is 0.322 e. The molecule has 0 amide bonds. The summed E-state index contributed by atoms with van der Waals surface area (Å²) in [5, 5.41) is 9.80. The number of carbonyl (C=O) groups is 1. The van der Waals surface area contributed by atoms with Crippen LogP contribution < -0.4 is 4.72 Å². The number of thioether (sulfide) groups is 2. The van der Waals surface area contributed by atoms with Crippen molar-refractivity contribution in [2.24, 2.45) is 0 Å². The van der Waals surface area contributed by atoms with Crippen molar-refractivity contribution < 1.29 is 18.3 Å². The van der Waals surface area contributed by atoms with Gasteiger partial charge in [-0.1, -0.05) is 17.7 Å². The molecule has 0 saturated carbocycles. The third-order valence-electron chi connectivity index (χ3n) is 2.41. The monoisotopic (exact) mass is 335 g/mol. The number of nitrogens with one attached hydrogen (secondary N) is 1. The highest BCUT2D eigenvalue weighted by molar-refractivity contribution is 8.15. The van der Waals surface area contributed by atoms with Crippen molar-refractivity contribution in [3.63, 3.8) is 0 Å². The van der Waals surface area contributed by atoms with Gasteiger partial charge in [0.25, 0.3) is 0 Å². The van der Waals surface area contributed by atoms with Crippen LogP contribution in [0.15, 0.2) is 29.2 Å². The summed E-state index contributed by atoms with van der Waals surface area (Å²) in [6.45, 7) is 1.85. The van der Waals surface area contributed by atoms with E-state index < -0.39 is 22.0 Å². The minimum absolute atomic E-state index is 0.0733. The number of hydrogen-bond acceptors (Lipinski definition) is 5. The van der Waals surface area contributed by atoms with Crippen molar-refractivity contribution in [3.8, 4) is 0 Å². The van der Waals surface area contributed by atoms with Crippen molar-refractivity contribution in [2.45, 2.75) is 17.9 Å². The maximum absolute atomic E-state index is 12.1. The highest BCUT2D eigenvalue weighted by Crippen LogP contribution is 2.14. The second-order valence-corrected chi connectivity index (χ2v) is 8.08. The van der Waals surface area contributed by atoms with Crippen LogP contribution in [0.1, 0.15) is 5.56 Å². The van der Waals surface area contributed by atoms with Gasteiger partial charge in [0.15, 0.2) is 0 Å².